The summed E-state index contributed by atoms with van der Waals surface area (Å²) in [5, 5.41) is 9.00. The number of cyclic esters (lactones) is 1. The summed E-state index contributed by atoms with van der Waals surface area (Å²) in [5.74, 6) is 0.538. The van der Waals surface area contributed by atoms with Gasteiger partial charge >= 0.3 is 6.09 Å². The van der Waals surface area contributed by atoms with Gasteiger partial charge in [0.1, 0.15) is 19.3 Å². The van der Waals surface area contributed by atoms with Crippen LogP contribution in [-0.4, -0.2) is 67.9 Å². The van der Waals surface area contributed by atoms with Crippen LogP contribution in [0.4, 0.5) is 9.18 Å². The second-order valence-corrected chi connectivity index (χ2v) is 7.94. The molecular weight excluding hydrogens is 377 g/mol. The van der Waals surface area contributed by atoms with E-state index in [9.17, 15) is 9.18 Å². The fourth-order valence-corrected chi connectivity index (χ4v) is 4.29. The molecule has 7 nitrogen and oxygen atoms in total. The summed E-state index contributed by atoms with van der Waals surface area (Å²) in [6, 6.07) is 4.64. The maximum Gasteiger partial charge on any atom is 0.409 e. The Balaban J connectivity index is 1.20. The number of rotatable bonds is 6. The fraction of sp³-hybridized carbons (Fsp3) is 0.619. The van der Waals surface area contributed by atoms with Gasteiger partial charge in [-0.15, -0.1) is 0 Å². The largest absolute Gasteiger partial charge is 0.483 e. The predicted octanol–water partition coefficient (Wildman–Crippen LogP) is 2.78. The highest BCUT2D eigenvalue weighted by Gasteiger charge is 2.28. The number of amides is 1. The van der Waals surface area contributed by atoms with E-state index >= 15 is 0 Å². The molecule has 1 aromatic rings. The number of carbonyl (C=O) groups is 1. The molecule has 0 aliphatic carbocycles. The van der Waals surface area contributed by atoms with Gasteiger partial charge in [0.05, 0.1) is 18.2 Å². The Morgan fingerprint density at radius 1 is 1.21 bits per heavy atom. The zero-order chi connectivity index (χ0) is 20.2. The number of halogens is 1. The molecule has 156 valence electrons. The van der Waals surface area contributed by atoms with E-state index < -0.39 is 5.82 Å². The monoisotopic (exact) mass is 403 g/mol. The standard InChI is InChI=1S/C21H26FN3O4/c22-18-10-16(12-23)11-19-20(18)28-14-17(29-19)13-24-6-3-15(4-7-24)2-1-5-25-8-9-27-21(25)26/h10-11,15,17H,1-9,13-14H2/t17-/m0/s1. The highest BCUT2D eigenvalue weighted by Crippen LogP contribution is 2.35. The van der Waals surface area contributed by atoms with Crippen molar-refractivity contribution in [3.05, 3.63) is 23.5 Å². The first-order chi connectivity index (χ1) is 14.1. The van der Waals surface area contributed by atoms with Crippen molar-refractivity contribution >= 4 is 6.09 Å². The molecule has 0 spiro atoms. The lowest BCUT2D eigenvalue weighted by molar-refractivity contribution is 0.0445. The number of nitriles is 1. The topological polar surface area (TPSA) is 75.0 Å². The van der Waals surface area contributed by atoms with Crippen molar-refractivity contribution in [1.29, 1.82) is 5.26 Å². The van der Waals surface area contributed by atoms with Gasteiger partial charge in [0.25, 0.3) is 0 Å². The maximum absolute atomic E-state index is 14.0. The number of piperidine rings is 1. The van der Waals surface area contributed by atoms with Crippen LogP contribution >= 0.6 is 0 Å². The smallest absolute Gasteiger partial charge is 0.409 e. The first-order valence-corrected chi connectivity index (χ1v) is 10.3. The highest BCUT2D eigenvalue weighted by molar-refractivity contribution is 5.69. The minimum absolute atomic E-state index is 0.0980. The SMILES string of the molecule is N#Cc1cc(F)c2c(c1)O[C@@H](CN1CCC(CCCN3CCOC3=O)CC1)CO2. The van der Waals surface area contributed by atoms with Crippen LogP contribution in [0.5, 0.6) is 11.5 Å². The van der Waals surface area contributed by atoms with Crippen molar-refractivity contribution in [3.63, 3.8) is 0 Å². The summed E-state index contributed by atoms with van der Waals surface area (Å²) in [5.41, 5.74) is 0.230. The lowest BCUT2D eigenvalue weighted by atomic mass is 9.92. The highest BCUT2D eigenvalue weighted by atomic mass is 19.1. The van der Waals surface area contributed by atoms with Gasteiger partial charge in [-0.1, -0.05) is 0 Å². The average molecular weight is 403 g/mol. The summed E-state index contributed by atoms with van der Waals surface area (Å²) in [6.07, 6.45) is 4.04. The molecule has 2 fully saturated rings. The number of hydrogen-bond acceptors (Lipinski definition) is 6. The van der Waals surface area contributed by atoms with Crippen molar-refractivity contribution in [2.75, 3.05) is 45.9 Å². The van der Waals surface area contributed by atoms with Gasteiger partial charge in [0, 0.05) is 19.2 Å². The third kappa shape index (κ3) is 4.73. The van der Waals surface area contributed by atoms with Gasteiger partial charge in [-0.2, -0.15) is 5.26 Å². The van der Waals surface area contributed by atoms with Gasteiger partial charge in [-0.3, -0.25) is 4.90 Å². The van der Waals surface area contributed by atoms with Crippen LogP contribution < -0.4 is 9.47 Å². The average Bonchev–Trinajstić information content (AvgIpc) is 3.14. The summed E-state index contributed by atoms with van der Waals surface area (Å²) < 4.78 is 30.4. The number of ether oxygens (including phenoxy) is 3. The van der Waals surface area contributed by atoms with Crippen molar-refractivity contribution in [2.24, 2.45) is 5.92 Å². The van der Waals surface area contributed by atoms with Gasteiger partial charge in [0.2, 0.25) is 0 Å². The number of carbonyl (C=O) groups excluding carboxylic acids is 1. The van der Waals surface area contributed by atoms with Gasteiger partial charge in [0.15, 0.2) is 17.3 Å². The molecule has 3 heterocycles. The normalized spacial score (nSPS) is 22.4. The van der Waals surface area contributed by atoms with E-state index in [1.165, 1.54) is 12.1 Å². The van der Waals surface area contributed by atoms with Crippen LogP contribution in [0.3, 0.4) is 0 Å². The zero-order valence-corrected chi connectivity index (χ0v) is 16.4. The van der Waals surface area contributed by atoms with Crippen LogP contribution in [-0.2, 0) is 4.74 Å². The third-order valence-corrected chi connectivity index (χ3v) is 5.90. The van der Waals surface area contributed by atoms with Gasteiger partial charge < -0.3 is 19.1 Å². The summed E-state index contributed by atoms with van der Waals surface area (Å²) >= 11 is 0. The van der Waals surface area contributed by atoms with E-state index in [1.54, 1.807) is 4.90 Å². The minimum atomic E-state index is -0.555. The molecular formula is C21H26FN3O4. The molecule has 0 radical (unpaired) electrons. The molecule has 3 aliphatic heterocycles. The molecule has 0 N–H and O–H groups in total. The van der Waals surface area contributed by atoms with E-state index in [2.05, 4.69) is 4.90 Å². The second-order valence-electron chi connectivity index (χ2n) is 7.94. The van der Waals surface area contributed by atoms with Crippen molar-refractivity contribution in [3.8, 4) is 17.6 Å². The molecule has 0 saturated carbocycles. The van der Waals surface area contributed by atoms with Gasteiger partial charge in [-0.05, 0) is 50.8 Å². The van der Waals surface area contributed by atoms with Crippen LogP contribution in [0, 0.1) is 23.1 Å². The third-order valence-electron chi connectivity index (χ3n) is 5.90. The maximum atomic E-state index is 14.0. The molecule has 1 amide bonds. The molecule has 1 atom stereocenters. The predicted molar refractivity (Wildman–Crippen MR) is 102 cm³/mol. The first-order valence-electron chi connectivity index (χ1n) is 10.3. The number of benzene rings is 1. The summed E-state index contributed by atoms with van der Waals surface area (Å²) in [7, 11) is 0. The quantitative estimate of drug-likeness (QED) is 0.727. The van der Waals surface area contributed by atoms with Gasteiger partial charge in [-0.25, -0.2) is 9.18 Å². The Kier molecular flexibility index (Phi) is 6.05. The summed E-state index contributed by atoms with van der Waals surface area (Å²) in [6.45, 7) is 5.03. The van der Waals surface area contributed by atoms with Crippen LogP contribution in [0.25, 0.3) is 0 Å². The van der Waals surface area contributed by atoms with E-state index in [-0.39, 0.29) is 23.5 Å². The van der Waals surface area contributed by atoms with E-state index in [4.69, 9.17) is 19.5 Å². The molecule has 29 heavy (non-hydrogen) atoms. The minimum Gasteiger partial charge on any atom is -0.483 e. The first kappa shape index (κ1) is 19.8. The number of fused-ring (bicyclic) bond motifs is 1. The zero-order valence-electron chi connectivity index (χ0n) is 16.4. The fourth-order valence-electron chi connectivity index (χ4n) is 4.29. The Morgan fingerprint density at radius 2 is 2.03 bits per heavy atom. The van der Waals surface area contributed by atoms with Crippen LogP contribution in [0.2, 0.25) is 0 Å². The Labute approximate surface area is 169 Å². The summed E-state index contributed by atoms with van der Waals surface area (Å²) in [4.78, 5) is 15.6. The molecule has 8 heteroatoms. The molecule has 0 aromatic heterocycles. The lowest BCUT2D eigenvalue weighted by Gasteiger charge is -2.35. The molecule has 0 bridgehead atoms. The van der Waals surface area contributed by atoms with E-state index in [0.717, 1.165) is 51.9 Å². The molecule has 1 aromatic carbocycles. The van der Waals surface area contributed by atoms with Crippen LogP contribution in [0.15, 0.2) is 12.1 Å². The van der Waals surface area contributed by atoms with Crippen molar-refractivity contribution < 1.29 is 23.4 Å². The lowest BCUT2D eigenvalue weighted by Crippen LogP contribution is -2.44. The van der Waals surface area contributed by atoms with Crippen LogP contribution in [0.1, 0.15) is 31.2 Å². The van der Waals surface area contributed by atoms with E-state index in [0.29, 0.717) is 31.4 Å². The molecule has 3 aliphatic rings. The number of likely N-dealkylation sites (tertiary alicyclic amines) is 1. The molecule has 2 saturated heterocycles. The molecule has 0 unspecified atom stereocenters. The number of hydrogen-bond donors (Lipinski definition) is 0. The van der Waals surface area contributed by atoms with Crippen molar-refractivity contribution in [1.82, 2.24) is 9.80 Å². The Morgan fingerprint density at radius 3 is 2.76 bits per heavy atom. The Bertz CT molecular complexity index is 789. The van der Waals surface area contributed by atoms with E-state index in [1.807, 2.05) is 6.07 Å². The number of nitrogens with zero attached hydrogens (tertiary/aromatic N) is 3. The molecule has 4 rings (SSSR count). The van der Waals surface area contributed by atoms with Crippen molar-refractivity contribution in [2.45, 2.75) is 31.8 Å². The second kappa shape index (κ2) is 8.87. The Hall–Kier alpha value is -2.53.